The van der Waals surface area contributed by atoms with Crippen molar-refractivity contribution in [2.45, 2.75) is 26.3 Å². The molecule has 0 bridgehead atoms. The number of amides is 2. The van der Waals surface area contributed by atoms with Gasteiger partial charge in [0.15, 0.2) is 5.82 Å². The number of carbonyl (C=O) groups is 2. The van der Waals surface area contributed by atoms with Crippen LogP contribution in [0.25, 0.3) is 11.3 Å². The quantitative estimate of drug-likeness (QED) is 0.475. The number of benzene rings is 1. The molecule has 9 heteroatoms. The Kier molecular flexibility index (Phi) is 7.97. The van der Waals surface area contributed by atoms with Crippen LogP contribution in [-0.4, -0.2) is 77.7 Å². The summed E-state index contributed by atoms with van der Waals surface area (Å²) in [5, 5.41) is 10.7. The van der Waals surface area contributed by atoms with Gasteiger partial charge in [-0.2, -0.15) is 0 Å². The number of hydrogen-bond acceptors (Lipinski definition) is 7. The number of aromatic nitrogens is 2. The highest BCUT2D eigenvalue weighted by molar-refractivity contribution is 7.12. The van der Waals surface area contributed by atoms with E-state index in [1.807, 2.05) is 72.7 Å². The fourth-order valence-electron chi connectivity index (χ4n) is 4.05. The smallest absolute Gasteiger partial charge is 0.264 e. The van der Waals surface area contributed by atoms with Crippen molar-refractivity contribution in [1.82, 2.24) is 20.0 Å². The lowest BCUT2D eigenvalue weighted by Crippen LogP contribution is -2.53. The van der Waals surface area contributed by atoms with Gasteiger partial charge in [-0.15, -0.1) is 21.5 Å². The predicted molar refractivity (Wildman–Crippen MR) is 138 cm³/mol. The molecule has 184 valence electrons. The average Bonchev–Trinajstić information content (AvgIpc) is 3.46. The number of piperazine rings is 1. The van der Waals surface area contributed by atoms with E-state index >= 15 is 0 Å². The minimum atomic E-state index is -0.0762. The summed E-state index contributed by atoms with van der Waals surface area (Å²) in [5.41, 5.74) is 1.73. The number of methoxy groups -OCH3 is 1. The van der Waals surface area contributed by atoms with E-state index in [9.17, 15) is 9.59 Å². The van der Waals surface area contributed by atoms with Crippen molar-refractivity contribution < 1.29 is 14.3 Å². The maximum absolute atomic E-state index is 13.1. The van der Waals surface area contributed by atoms with Crippen LogP contribution in [0.3, 0.4) is 0 Å². The Morgan fingerprint density at radius 2 is 1.89 bits per heavy atom. The molecule has 35 heavy (non-hydrogen) atoms. The lowest BCUT2D eigenvalue weighted by molar-refractivity contribution is -0.132. The van der Waals surface area contributed by atoms with Gasteiger partial charge >= 0.3 is 0 Å². The van der Waals surface area contributed by atoms with E-state index in [-0.39, 0.29) is 24.4 Å². The van der Waals surface area contributed by atoms with Crippen molar-refractivity contribution in [2.75, 3.05) is 44.7 Å². The maximum Gasteiger partial charge on any atom is 0.264 e. The van der Waals surface area contributed by atoms with E-state index in [1.165, 1.54) is 11.3 Å². The van der Waals surface area contributed by atoms with Gasteiger partial charge in [-0.3, -0.25) is 9.59 Å². The van der Waals surface area contributed by atoms with Crippen LogP contribution < -0.4 is 9.64 Å². The van der Waals surface area contributed by atoms with Crippen LogP contribution in [0.15, 0.2) is 53.9 Å². The Hall–Kier alpha value is -3.46. The Morgan fingerprint density at radius 3 is 2.51 bits per heavy atom. The average molecular weight is 494 g/mol. The molecule has 0 spiro atoms. The number of hydrogen-bond donors (Lipinski definition) is 0. The fourth-order valence-corrected chi connectivity index (χ4v) is 4.73. The van der Waals surface area contributed by atoms with Gasteiger partial charge in [0.2, 0.25) is 5.91 Å². The summed E-state index contributed by atoms with van der Waals surface area (Å²) < 4.78 is 5.29. The van der Waals surface area contributed by atoms with Gasteiger partial charge in [-0.25, -0.2) is 0 Å². The van der Waals surface area contributed by atoms with Gasteiger partial charge in [0.1, 0.15) is 12.3 Å². The van der Waals surface area contributed by atoms with E-state index in [1.54, 1.807) is 12.0 Å². The largest absolute Gasteiger partial charge is 0.497 e. The van der Waals surface area contributed by atoms with E-state index in [4.69, 9.17) is 4.74 Å². The van der Waals surface area contributed by atoms with E-state index < -0.39 is 0 Å². The molecule has 0 N–H and O–H groups in total. The van der Waals surface area contributed by atoms with Crippen molar-refractivity contribution >= 4 is 29.0 Å². The zero-order valence-corrected chi connectivity index (χ0v) is 21.2. The molecule has 0 saturated carbocycles. The molecule has 8 nitrogen and oxygen atoms in total. The molecular formula is C26H31N5O3S. The molecule has 3 aromatic rings. The zero-order valence-electron chi connectivity index (χ0n) is 20.4. The van der Waals surface area contributed by atoms with E-state index in [0.717, 1.165) is 29.2 Å². The molecule has 1 fully saturated rings. The standard InChI is InChI=1S/C26H31N5O3S/c1-4-19(2)31(26(33)23-9-6-16-35-23)18-25(32)30-14-12-29(13-15-30)24-11-10-22(27-28-24)20-7-5-8-21(17-20)34-3/h5-11,16-17,19H,4,12-15,18H2,1-3H3/t19-/m0/s1. The van der Waals surface area contributed by atoms with Gasteiger partial charge in [0.05, 0.1) is 17.7 Å². The highest BCUT2D eigenvalue weighted by Gasteiger charge is 2.28. The highest BCUT2D eigenvalue weighted by Crippen LogP contribution is 2.23. The molecule has 1 atom stereocenters. The number of anilines is 1. The number of thiophene rings is 1. The Morgan fingerprint density at radius 1 is 1.09 bits per heavy atom. The third-order valence-corrected chi connectivity index (χ3v) is 7.25. The third-order valence-electron chi connectivity index (χ3n) is 6.39. The molecule has 0 aliphatic carbocycles. The Balaban J connectivity index is 1.35. The number of carbonyl (C=O) groups excluding carboxylic acids is 2. The van der Waals surface area contributed by atoms with Crippen molar-refractivity contribution in [3.05, 3.63) is 58.8 Å². The molecule has 3 heterocycles. The van der Waals surface area contributed by atoms with E-state index in [2.05, 4.69) is 15.1 Å². The second kappa shape index (κ2) is 11.3. The van der Waals surface area contributed by atoms with Crippen molar-refractivity contribution in [3.63, 3.8) is 0 Å². The van der Waals surface area contributed by atoms with Crippen molar-refractivity contribution in [2.24, 2.45) is 0 Å². The summed E-state index contributed by atoms with van der Waals surface area (Å²) in [6.45, 7) is 6.62. The van der Waals surface area contributed by atoms with Crippen LogP contribution in [-0.2, 0) is 4.79 Å². The summed E-state index contributed by atoms with van der Waals surface area (Å²) >= 11 is 1.41. The first-order valence-electron chi connectivity index (χ1n) is 11.9. The maximum atomic E-state index is 13.1. The summed E-state index contributed by atoms with van der Waals surface area (Å²) in [6, 6.07) is 15.3. The minimum absolute atomic E-state index is 0.00629. The highest BCUT2D eigenvalue weighted by atomic mass is 32.1. The SMILES string of the molecule is CC[C@H](C)N(CC(=O)N1CCN(c2ccc(-c3cccc(OC)c3)nn2)CC1)C(=O)c1cccs1. The van der Waals surface area contributed by atoms with Crippen molar-refractivity contribution in [1.29, 1.82) is 0 Å². The lowest BCUT2D eigenvalue weighted by atomic mass is 10.1. The molecule has 1 aromatic carbocycles. The van der Waals surface area contributed by atoms with Gasteiger partial charge in [-0.05, 0) is 49.1 Å². The molecule has 1 aliphatic heterocycles. The Labute approximate surface area is 210 Å². The summed E-state index contributed by atoms with van der Waals surface area (Å²) in [7, 11) is 1.64. The van der Waals surface area contributed by atoms with Gasteiger partial charge < -0.3 is 19.4 Å². The zero-order chi connectivity index (χ0) is 24.8. The van der Waals surface area contributed by atoms with E-state index in [0.29, 0.717) is 31.1 Å². The number of rotatable bonds is 8. The van der Waals surface area contributed by atoms with Crippen LogP contribution in [0.4, 0.5) is 5.82 Å². The number of ether oxygens (including phenoxy) is 1. The first-order chi connectivity index (χ1) is 17.0. The third kappa shape index (κ3) is 5.79. The van der Waals surface area contributed by atoms with Crippen LogP contribution in [0.5, 0.6) is 5.75 Å². The monoisotopic (exact) mass is 493 g/mol. The predicted octanol–water partition coefficient (Wildman–Crippen LogP) is 3.80. The van der Waals surface area contributed by atoms with Crippen molar-refractivity contribution in [3.8, 4) is 17.0 Å². The van der Waals surface area contributed by atoms with Crippen LogP contribution in [0, 0.1) is 0 Å². The molecule has 2 aromatic heterocycles. The minimum Gasteiger partial charge on any atom is -0.497 e. The van der Waals surface area contributed by atoms with Crippen LogP contribution in [0.1, 0.15) is 29.9 Å². The summed E-state index contributed by atoms with van der Waals surface area (Å²) in [5.74, 6) is 1.47. The topological polar surface area (TPSA) is 78.9 Å². The molecule has 1 saturated heterocycles. The normalized spacial score (nSPS) is 14.5. The first kappa shape index (κ1) is 24.7. The first-order valence-corrected chi connectivity index (χ1v) is 12.7. The number of nitrogens with zero attached hydrogens (tertiary/aromatic N) is 5. The van der Waals surface area contributed by atoms with Gasteiger partial charge in [-0.1, -0.05) is 25.1 Å². The molecule has 2 amide bonds. The second-order valence-corrected chi connectivity index (χ2v) is 9.49. The molecule has 0 radical (unpaired) electrons. The van der Waals surface area contributed by atoms with Crippen LogP contribution >= 0.6 is 11.3 Å². The molecule has 0 unspecified atom stereocenters. The summed E-state index contributed by atoms with van der Waals surface area (Å²) in [6.07, 6.45) is 0.794. The fraction of sp³-hybridized carbons (Fsp3) is 0.385. The molecular weight excluding hydrogens is 462 g/mol. The molecule has 4 rings (SSSR count). The van der Waals surface area contributed by atoms with Gasteiger partial charge in [0.25, 0.3) is 5.91 Å². The van der Waals surface area contributed by atoms with Crippen LogP contribution in [0.2, 0.25) is 0 Å². The molecule has 1 aliphatic rings. The lowest BCUT2D eigenvalue weighted by Gasteiger charge is -2.37. The Bertz CT molecular complexity index is 1130. The van der Waals surface area contributed by atoms with Gasteiger partial charge in [0, 0.05) is 37.8 Å². The second-order valence-electron chi connectivity index (χ2n) is 8.54. The summed E-state index contributed by atoms with van der Waals surface area (Å²) in [4.78, 5) is 32.4.